The van der Waals surface area contributed by atoms with Crippen LogP contribution in [0.4, 0.5) is 0 Å². The number of hydrogen-bond acceptors (Lipinski definition) is 1. The van der Waals surface area contributed by atoms with Crippen LogP contribution in [0, 0.1) is 0 Å². The molecule has 0 fully saturated rings. The summed E-state index contributed by atoms with van der Waals surface area (Å²) in [6.45, 7) is 9.48. The van der Waals surface area contributed by atoms with Gasteiger partial charge in [0.2, 0.25) is 5.91 Å². The average molecular weight is 195 g/mol. The van der Waals surface area contributed by atoms with Gasteiger partial charge in [0, 0.05) is 13.1 Å². The Morgan fingerprint density at radius 2 is 1.71 bits per heavy atom. The molecular formula is C12H21NO. The highest BCUT2D eigenvalue weighted by atomic mass is 16.1. The first-order valence-electron chi connectivity index (χ1n) is 4.90. The number of hydrogen-bond donors (Lipinski definition) is 1. The van der Waals surface area contributed by atoms with Gasteiger partial charge in [0.15, 0.2) is 0 Å². The second kappa shape index (κ2) is 11.7. The van der Waals surface area contributed by atoms with Crippen LogP contribution in [0.15, 0.2) is 36.1 Å². The minimum Gasteiger partial charge on any atom is -0.333 e. The molecule has 1 N–H and O–H groups in total. The van der Waals surface area contributed by atoms with Crippen LogP contribution in [0.3, 0.4) is 0 Å². The van der Waals surface area contributed by atoms with Gasteiger partial charge in [0.05, 0.1) is 0 Å². The lowest BCUT2D eigenvalue weighted by Gasteiger charge is -1.88. The van der Waals surface area contributed by atoms with Crippen LogP contribution in [0.5, 0.6) is 0 Å². The molecule has 0 spiro atoms. The molecule has 0 radical (unpaired) electrons. The van der Waals surface area contributed by atoms with Crippen molar-refractivity contribution in [3.8, 4) is 0 Å². The molecule has 0 aliphatic carbocycles. The molecule has 0 bridgehead atoms. The Morgan fingerprint density at radius 3 is 2.14 bits per heavy atom. The lowest BCUT2D eigenvalue weighted by molar-refractivity contribution is -0.118. The van der Waals surface area contributed by atoms with Gasteiger partial charge in [-0.25, -0.2) is 0 Å². The minimum absolute atomic E-state index is 0.0533. The second-order valence-electron chi connectivity index (χ2n) is 2.45. The van der Waals surface area contributed by atoms with Crippen LogP contribution in [0.2, 0.25) is 0 Å². The van der Waals surface area contributed by atoms with E-state index in [0.717, 1.165) is 0 Å². The van der Waals surface area contributed by atoms with E-state index in [0.29, 0.717) is 0 Å². The Kier molecular flexibility index (Phi) is 12.7. The Labute approximate surface area is 87.4 Å². The zero-order valence-electron chi connectivity index (χ0n) is 9.79. The molecule has 0 aliphatic rings. The smallest absolute Gasteiger partial charge is 0.220 e. The molecular weight excluding hydrogens is 174 g/mol. The van der Waals surface area contributed by atoms with Gasteiger partial charge in [-0.15, -0.1) is 0 Å². The van der Waals surface area contributed by atoms with Crippen LogP contribution in [-0.2, 0) is 4.79 Å². The number of carbonyl (C=O) groups is 1. The molecule has 1 amide bonds. The van der Waals surface area contributed by atoms with Gasteiger partial charge in [0.25, 0.3) is 0 Å². The third-order valence-corrected chi connectivity index (χ3v) is 1.31. The maximum atomic E-state index is 10.4. The maximum Gasteiger partial charge on any atom is 0.220 e. The van der Waals surface area contributed by atoms with Crippen LogP contribution >= 0.6 is 0 Å². The molecule has 0 unspecified atom stereocenters. The number of nitrogens with one attached hydrogen (secondary N) is 1. The topological polar surface area (TPSA) is 29.1 Å². The van der Waals surface area contributed by atoms with Crippen molar-refractivity contribution in [3.63, 3.8) is 0 Å². The summed E-state index contributed by atoms with van der Waals surface area (Å²) in [7, 11) is 0. The molecule has 2 heteroatoms. The molecule has 0 aromatic heterocycles. The predicted octanol–water partition coefficient (Wildman–Crippen LogP) is 3.18. The zero-order valence-corrected chi connectivity index (χ0v) is 9.79. The van der Waals surface area contributed by atoms with Gasteiger partial charge in [-0.1, -0.05) is 37.6 Å². The zero-order chi connectivity index (χ0) is 11.4. The van der Waals surface area contributed by atoms with E-state index < -0.39 is 0 Å². The largest absolute Gasteiger partial charge is 0.333 e. The number of rotatable bonds is 3. The van der Waals surface area contributed by atoms with E-state index in [4.69, 9.17) is 0 Å². The summed E-state index contributed by atoms with van der Waals surface area (Å²) in [6, 6.07) is 0. The Bertz CT molecular complexity index is 224. The minimum atomic E-state index is -0.0533. The SMILES string of the molecule is C/C=C(C)/C=C\C=C\NC(C)=O.CC. The molecule has 0 aromatic carbocycles. The Morgan fingerprint density at radius 1 is 1.14 bits per heavy atom. The van der Waals surface area contributed by atoms with Crippen molar-refractivity contribution >= 4 is 5.91 Å². The molecule has 2 nitrogen and oxygen atoms in total. The molecule has 80 valence electrons. The quantitative estimate of drug-likeness (QED) is 0.688. The monoisotopic (exact) mass is 195 g/mol. The molecule has 0 rings (SSSR count). The maximum absolute atomic E-state index is 10.4. The number of allylic oxidation sites excluding steroid dienone is 5. The highest BCUT2D eigenvalue weighted by Gasteiger charge is 1.79. The van der Waals surface area contributed by atoms with Gasteiger partial charge in [-0.3, -0.25) is 4.79 Å². The van der Waals surface area contributed by atoms with E-state index in [2.05, 4.69) is 5.32 Å². The summed E-state index contributed by atoms with van der Waals surface area (Å²) in [4.78, 5) is 10.4. The van der Waals surface area contributed by atoms with E-state index in [-0.39, 0.29) is 5.91 Å². The van der Waals surface area contributed by atoms with E-state index in [1.54, 1.807) is 12.3 Å². The van der Waals surface area contributed by atoms with Crippen LogP contribution in [-0.4, -0.2) is 5.91 Å². The summed E-state index contributed by atoms with van der Waals surface area (Å²) in [5.74, 6) is -0.0533. The van der Waals surface area contributed by atoms with Crippen molar-refractivity contribution in [2.45, 2.75) is 34.6 Å². The summed E-state index contributed by atoms with van der Waals surface area (Å²) >= 11 is 0. The summed E-state index contributed by atoms with van der Waals surface area (Å²) in [5, 5.41) is 2.55. The van der Waals surface area contributed by atoms with Crippen molar-refractivity contribution in [3.05, 3.63) is 36.1 Å². The Balaban J connectivity index is 0. The van der Waals surface area contributed by atoms with Crippen LogP contribution < -0.4 is 5.32 Å². The fourth-order valence-electron chi connectivity index (χ4n) is 0.525. The first-order valence-corrected chi connectivity index (χ1v) is 4.90. The van der Waals surface area contributed by atoms with Gasteiger partial charge < -0.3 is 5.32 Å². The van der Waals surface area contributed by atoms with Gasteiger partial charge in [-0.2, -0.15) is 0 Å². The first-order chi connectivity index (χ1) is 6.66. The van der Waals surface area contributed by atoms with Crippen molar-refractivity contribution in [1.82, 2.24) is 5.32 Å². The average Bonchev–Trinajstić information content (AvgIpc) is 2.19. The molecule has 0 aliphatic heterocycles. The van der Waals surface area contributed by atoms with Crippen LogP contribution in [0.1, 0.15) is 34.6 Å². The first kappa shape index (κ1) is 15.2. The van der Waals surface area contributed by atoms with E-state index >= 15 is 0 Å². The fraction of sp³-hybridized carbons (Fsp3) is 0.417. The van der Waals surface area contributed by atoms with Crippen molar-refractivity contribution < 1.29 is 4.79 Å². The third-order valence-electron chi connectivity index (χ3n) is 1.31. The molecule has 0 heterocycles. The van der Waals surface area contributed by atoms with E-state index in [1.807, 2.05) is 45.9 Å². The van der Waals surface area contributed by atoms with Gasteiger partial charge in [-0.05, 0) is 19.9 Å². The predicted molar refractivity (Wildman–Crippen MR) is 62.9 cm³/mol. The standard InChI is InChI=1S/C10H15NO.C2H6/c1-4-9(2)7-5-6-8-11-10(3)12;1-2/h4-8H,1-3H3,(H,11,12);1-2H3/b7-5-,8-6+,9-4+;. The molecule has 0 aromatic rings. The second-order valence-corrected chi connectivity index (χ2v) is 2.45. The highest BCUT2D eigenvalue weighted by molar-refractivity contribution is 5.73. The number of amides is 1. The molecule has 0 saturated carbocycles. The lowest BCUT2D eigenvalue weighted by Crippen LogP contribution is -2.10. The van der Waals surface area contributed by atoms with Crippen molar-refractivity contribution in [2.24, 2.45) is 0 Å². The van der Waals surface area contributed by atoms with Gasteiger partial charge >= 0.3 is 0 Å². The normalized spacial score (nSPS) is 11.4. The molecule has 0 atom stereocenters. The summed E-state index contributed by atoms with van der Waals surface area (Å²) < 4.78 is 0. The summed E-state index contributed by atoms with van der Waals surface area (Å²) in [5.41, 5.74) is 1.20. The Hall–Kier alpha value is -1.31. The third kappa shape index (κ3) is 13.3. The van der Waals surface area contributed by atoms with E-state index in [9.17, 15) is 4.79 Å². The molecule has 0 saturated heterocycles. The van der Waals surface area contributed by atoms with Crippen molar-refractivity contribution in [2.75, 3.05) is 0 Å². The number of carbonyl (C=O) groups excluding carboxylic acids is 1. The fourth-order valence-corrected chi connectivity index (χ4v) is 0.525. The van der Waals surface area contributed by atoms with Crippen molar-refractivity contribution in [1.29, 1.82) is 0 Å². The lowest BCUT2D eigenvalue weighted by atomic mass is 10.2. The summed E-state index contributed by atoms with van der Waals surface area (Å²) in [6.07, 6.45) is 9.27. The molecule has 14 heavy (non-hydrogen) atoms. The van der Waals surface area contributed by atoms with E-state index in [1.165, 1.54) is 12.5 Å². The van der Waals surface area contributed by atoms with Crippen LogP contribution in [0.25, 0.3) is 0 Å². The van der Waals surface area contributed by atoms with Gasteiger partial charge in [0.1, 0.15) is 0 Å². The highest BCUT2D eigenvalue weighted by Crippen LogP contribution is 1.92.